The minimum absolute atomic E-state index is 0.191. The molecule has 2 N–H and O–H groups in total. The molecule has 0 bridgehead atoms. The maximum absolute atomic E-state index is 14.2. The summed E-state index contributed by atoms with van der Waals surface area (Å²) in [6, 6.07) is 21.1. The lowest BCUT2D eigenvalue weighted by molar-refractivity contribution is -0.171. The van der Waals surface area contributed by atoms with Crippen LogP contribution in [0.1, 0.15) is 55.4 Å². The van der Waals surface area contributed by atoms with Gasteiger partial charge in [-0.15, -0.1) is 0 Å². The van der Waals surface area contributed by atoms with Gasteiger partial charge in [-0.3, -0.25) is 19.2 Å². The number of carbonyl (C=O) groups excluding carboxylic acids is 4. The SMILES string of the molecule is CC(C)(C)OC(=O)C[C@@H](C(=O)NCc1cccc(C(F)(F)F)c1)N1C(=O)[C@H](C2C(=O)NC[C@H]2c2ccccc2)[C@@H]1C=Cc1ccccc1. The fraction of sp³-hybridized carbons (Fsp3) is 0.351. The molecule has 0 saturated carbocycles. The minimum atomic E-state index is -4.57. The Labute approximate surface area is 277 Å². The van der Waals surface area contributed by atoms with Gasteiger partial charge in [0.25, 0.3) is 0 Å². The van der Waals surface area contributed by atoms with Gasteiger partial charge in [0.05, 0.1) is 29.9 Å². The quantitative estimate of drug-likeness (QED) is 0.221. The van der Waals surface area contributed by atoms with Crippen LogP contribution in [0.2, 0.25) is 0 Å². The second-order valence-electron chi connectivity index (χ2n) is 13.0. The third-order valence-electron chi connectivity index (χ3n) is 8.50. The van der Waals surface area contributed by atoms with Crippen LogP contribution in [0.25, 0.3) is 6.08 Å². The number of β-lactam (4-membered cyclic amide) rings is 1. The highest BCUT2D eigenvalue weighted by atomic mass is 19.4. The summed E-state index contributed by atoms with van der Waals surface area (Å²) in [5, 5.41) is 5.52. The van der Waals surface area contributed by atoms with Gasteiger partial charge in [0.1, 0.15) is 11.6 Å². The summed E-state index contributed by atoms with van der Waals surface area (Å²) in [6.45, 7) is 5.08. The van der Waals surface area contributed by atoms with Gasteiger partial charge in [-0.1, -0.05) is 84.9 Å². The first-order valence-electron chi connectivity index (χ1n) is 15.8. The summed E-state index contributed by atoms with van der Waals surface area (Å²) >= 11 is 0. The van der Waals surface area contributed by atoms with Crippen LogP contribution in [0.5, 0.6) is 0 Å². The van der Waals surface area contributed by atoms with Crippen molar-refractivity contribution in [3.05, 3.63) is 113 Å². The Kier molecular flexibility index (Phi) is 10.1. The zero-order valence-corrected chi connectivity index (χ0v) is 26.9. The van der Waals surface area contributed by atoms with E-state index in [0.29, 0.717) is 6.54 Å². The van der Waals surface area contributed by atoms with Crippen molar-refractivity contribution in [2.75, 3.05) is 6.54 Å². The van der Waals surface area contributed by atoms with Crippen molar-refractivity contribution >= 4 is 29.8 Å². The number of alkyl halides is 3. The van der Waals surface area contributed by atoms with Crippen LogP contribution in [0.4, 0.5) is 13.2 Å². The molecule has 0 aliphatic carbocycles. The molecular weight excluding hydrogens is 623 g/mol. The summed E-state index contributed by atoms with van der Waals surface area (Å²) in [5.74, 6) is -4.11. The molecule has 2 aliphatic rings. The second kappa shape index (κ2) is 14.0. The molecule has 3 aromatic rings. The third kappa shape index (κ3) is 7.95. The fourth-order valence-electron chi connectivity index (χ4n) is 6.37. The van der Waals surface area contributed by atoms with E-state index in [0.717, 1.165) is 23.3 Å². The summed E-state index contributed by atoms with van der Waals surface area (Å²) < 4.78 is 45.5. The number of carbonyl (C=O) groups is 4. The van der Waals surface area contributed by atoms with Gasteiger partial charge in [0, 0.05) is 19.0 Å². The minimum Gasteiger partial charge on any atom is -0.460 e. The van der Waals surface area contributed by atoms with E-state index in [-0.39, 0.29) is 23.9 Å². The fourth-order valence-corrected chi connectivity index (χ4v) is 6.37. The van der Waals surface area contributed by atoms with E-state index in [4.69, 9.17) is 4.74 Å². The molecular formula is C37H38F3N3O5. The summed E-state index contributed by atoms with van der Waals surface area (Å²) in [7, 11) is 0. The average molecular weight is 662 g/mol. The molecule has 2 fully saturated rings. The first-order chi connectivity index (χ1) is 22.7. The van der Waals surface area contributed by atoms with E-state index < -0.39 is 65.5 Å². The molecule has 0 radical (unpaired) electrons. The van der Waals surface area contributed by atoms with E-state index in [1.807, 2.05) is 60.7 Å². The van der Waals surface area contributed by atoms with Crippen molar-refractivity contribution in [3.63, 3.8) is 0 Å². The number of esters is 1. The Bertz CT molecular complexity index is 1670. The van der Waals surface area contributed by atoms with Gasteiger partial charge >= 0.3 is 12.1 Å². The lowest BCUT2D eigenvalue weighted by Gasteiger charge is -2.51. The number of nitrogens with zero attached hydrogens (tertiary/aromatic N) is 1. The van der Waals surface area contributed by atoms with E-state index >= 15 is 0 Å². The predicted octanol–water partition coefficient (Wildman–Crippen LogP) is 5.49. The molecule has 0 aromatic heterocycles. The number of halogens is 3. The Morgan fingerprint density at radius 1 is 0.958 bits per heavy atom. The topological polar surface area (TPSA) is 105 Å². The van der Waals surface area contributed by atoms with Gasteiger partial charge in [-0.05, 0) is 49.6 Å². The normalized spacial score (nSPS) is 21.8. The molecule has 3 amide bonds. The van der Waals surface area contributed by atoms with E-state index in [1.54, 1.807) is 32.9 Å². The summed E-state index contributed by atoms with van der Waals surface area (Å²) in [6.07, 6.45) is -1.51. The maximum Gasteiger partial charge on any atom is 0.416 e. The van der Waals surface area contributed by atoms with Crippen molar-refractivity contribution in [3.8, 4) is 0 Å². The molecule has 5 rings (SSSR count). The zero-order valence-electron chi connectivity index (χ0n) is 26.9. The molecule has 2 saturated heterocycles. The van der Waals surface area contributed by atoms with E-state index in [9.17, 15) is 32.3 Å². The van der Waals surface area contributed by atoms with Crippen LogP contribution in [-0.2, 0) is 36.6 Å². The standard InChI is InChI=1S/C37H38F3N3O5/c1-36(2,3)48-30(44)20-29(33(45)41-21-24-13-10-16-26(19-24)37(38,39)40)43-28(18-17-23-11-6-4-7-12-23)32(35(43)47)31-27(22-42-34(31)46)25-14-8-5-9-15-25/h4-19,27-29,31-32H,20-22H2,1-3H3,(H,41,45)(H,42,46)/t27-,28-,29-,31?,32-/m0/s1. The molecule has 48 heavy (non-hydrogen) atoms. The van der Waals surface area contributed by atoms with Crippen molar-refractivity contribution in [1.29, 1.82) is 0 Å². The largest absolute Gasteiger partial charge is 0.460 e. The highest BCUT2D eigenvalue weighted by Crippen LogP contribution is 2.45. The lowest BCUT2D eigenvalue weighted by Crippen LogP contribution is -2.69. The first-order valence-corrected chi connectivity index (χ1v) is 15.8. The Balaban J connectivity index is 1.48. The first kappa shape index (κ1) is 34.4. The van der Waals surface area contributed by atoms with Crippen LogP contribution in [0, 0.1) is 11.8 Å². The van der Waals surface area contributed by atoms with Crippen LogP contribution in [0.3, 0.4) is 0 Å². The van der Waals surface area contributed by atoms with Gasteiger partial charge in [-0.2, -0.15) is 13.2 Å². The highest BCUT2D eigenvalue weighted by Gasteiger charge is 2.59. The Morgan fingerprint density at radius 2 is 1.62 bits per heavy atom. The van der Waals surface area contributed by atoms with Gasteiger partial charge in [0.15, 0.2) is 0 Å². The highest BCUT2D eigenvalue weighted by molar-refractivity contribution is 5.99. The van der Waals surface area contributed by atoms with E-state index in [2.05, 4.69) is 10.6 Å². The van der Waals surface area contributed by atoms with Crippen molar-refractivity contribution < 1.29 is 37.1 Å². The smallest absolute Gasteiger partial charge is 0.416 e. The summed E-state index contributed by atoms with van der Waals surface area (Å²) in [5.41, 5.74) is 0.158. The van der Waals surface area contributed by atoms with Gasteiger partial charge < -0.3 is 20.3 Å². The zero-order chi connectivity index (χ0) is 34.6. The third-order valence-corrected chi connectivity index (χ3v) is 8.50. The number of amides is 3. The molecule has 252 valence electrons. The predicted molar refractivity (Wildman–Crippen MR) is 173 cm³/mol. The molecule has 0 spiro atoms. The molecule has 2 heterocycles. The van der Waals surface area contributed by atoms with Crippen LogP contribution >= 0.6 is 0 Å². The number of likely N-dealkylation sites (tertiary alicyclic amines) is 1. The van der Waals surface area contributed by atoms with Crippen LogP contribution in [-0.4, -0.2) is 52.8 Å². The summed E-state index contributed by atoms with van der Waals surface area (Å²) in [4.78, 5) is 55.8. The number of nitrogens with one attached hydrogen (secondary N) is 2. The van der Waals surface area contributed by atoms with E-state index in [1.165, 1.54) is 17.0 Å². The van der Waals surface area contributed by atoms with Crippen molar-refractivity contribution in [2.24, 2.45) is 11.8 Å². The second-order valence-corrected chi connectivity index (χ2v) is 13.0. The Morgan fingerprint density at radius 3 is 2.27 bits per heavy atom. The number of rotatable bonds is 10. The van der Waals surface area contributed by atoms with Crippen molar-refractivity contribution in [2.45, 2.75) is 63.5 Å². The Hall–Kier alpha value is -4.93. The monoisotopic (exact) mass is 661 g/mol. The average Bonchev–Trinajstić information content (AvgIpc) is 3.41. The molecule has 1 unspecified atom stereocenters. The number of benzene rings is 3. The molecule has 2 aliphatic heterocycles. The molecule has 3 aromatic carbocycles. The number of ether oxygens (including phenoxy) is 1. The van der Waals surface area contributed by atoms with Crippen molar-refractivity contribution in [1.82, 2.24) is 15.5 Å². The molecule has 8 nitrogen and oxygen atoms in total. The van der Waals surface area contributed by atoms with Crippen LogP contribution in [0.15, 0.2) is 91.0 Å². The molecule has 11 heteroatoms. The number of hydrogen-bond donors (Lipinski definition) is 2. The number of hydrogen-bond acceptors (Lipinski definition) is 5. The molecule has 5 atom stereocenters. The lowest BCUT2D eigenvalue weighted by atomic mass is 9.70. The van der Waals surface area contributed by atoms with Gasteiger partial charge in [0.2, 0.25) is 17.7 Å². The maximum atomic E-state index is 14.2. The van der Waals surface area contributed by atoms with Crippen LogP contribution < -0.4 is 10.6 Å². The van der Waals surface area contributed by atoms with Gasteiger partial charge in [-0.25, -0.2) is 0 Å².